The zero-order valence-corrected chi connectivity index (χ0v) is 12.2. The van der Waals surface area contributed by atoms with Crippen LogP contribution in [0.2, 0.25) is 0 Å². The fraction of sp³-hybridized carbons (Fsp3) is 0.294. The molecule has 2 rings (SSSR count). The molecule has 104 valence electrons. The van der Waals surface area contributed by atoms with Gasteiger partial charge in [0.2, 0.25) is 11.9 Å². The van der Waals surface area contributed by atoms with Crippen LogP contribution in [0.25, 0.3) is 0 Å². The lowest BCUT2D eigenvalue weighted by atomic mass is 9.90. The molecule has 0 bridgehead atoms. The molecule has 0 aliphatic carbocycles. The minimum Gasteiger partial charge on any atom is -0.854 e. The summed E-state index contributed by atoms with van der Waals surface area (Å²) in [6.07, 6.45) is 2.68. The molecule has 0 fully saturated rings. The highest BCUT2D eigenvalue weighted by atomic mass is 16.3. The lowest BCUT2D eigenvalue weighted by Crippen LogP contribution is -2.38. The van der Waals surface area contributed by atoms with E-state index in [0.29, 0.717) is 5.56 Å². The second kappa shape index (κ2) is 5.87. The van der Waals surface area contributed by atoms with Gasteiger partial charge in [-0.1, -0.05) is 55.8 Å². The summed E-state index contributed by atoms with van der Waals surface area (Å²) in [5, 5.41) is 16.3. The molecule has 1 aromatic carbocycles. The summed E-state index contributed by atoms with van der Waals surface area (Å²) in [7, 11) is 0. The van der Waals surface area contributed by atoms with Gasteiger partial charge in [-0.3, -0.25) is 0 Å². The van der Waals surface area contributed by atoms with Gasteiger partial charge in [0.15, 0.2) is 0 Å². The average Bonchev–Trinajstić information content (AvgIpc) is 2.40. The van der Waals surface area contributed by atoms with Gasteiger partial charge < -0.3 is 5.11 Å². The third kappa shape index (κ3) is 3.92. The van der Waals surface area contributed by atoms with Crippen molar-refractivity contribution in [1.82, 2.24) is 0 Å². The van der Waals surface area contributed by atoms with Gasteiger partial charge in [-0.2, -0.15) is 0 Å². The number of rotatable bonds is 3. The molecule has 1 aromatic heterocycles. The van der Waals surface area contributed by atoms with Crippen molar-refractivity contribution in [1.29, 1.82) is 0 Å². The molecule has 3 heteroatoms. The van der Waals surface area contributed by atoms with Gasteiger partial charge >= 0.3 is 0 Å². The van der Waals surface area contributed by atoms with Crippen LogP contribution in [0.1, 0.15) is 32.0 Å². The van der Waals surface area contributed by atoms with Crippen molar-refractivity contribution < 1.29 is 9.78 Å². The molecule has 0 unspecified atom stereocenters. The predicted molar refractivity (Wildman–Crippen MR) is 78.2 cm³/mol. The van der Waals surface area contributed by atoms with Crippen molar-refractivity contribution >= 4 is 5.90 Å². The Labute approximate surface area is 120 Å². The average molecular weight is 268 g/mol. The second-order valence-corrected chi connectivity index (χ2v) is 6.05. The minimum absolute atomic E-state index is 0.147. The van der Waals surface area contributed by atoms with Crippen molar-refractivity contribution in [2.24, 2.45) is 10.5 Å². The molecule has 0 N–H and O–H groups in total. The fourth-order valence-electron chi connectivity index (χ4n) is 1.99. The lowest BCUT2D eigenvalue weighted by molar-refractivity contribution is -0.689. The monoisotopic (exact) mass is 268 g/mol. The largest absolute Gasteiger partial charge is 0.854 e. The number of nitrogens with zero attached hydrogens (tertiary/aromatic N) is 2. The molecular formula is C17H20N2O. The van der Waals surface area contributed by atoms with E-state index in [1.807, 2.05) is 42.6 Å². The highest BCUT2D eigenvalue weighted by molar-refractivity contribution is 5.89. The zero-order valence-electron chi connectivity index (χ0n) is 12.2. The zero-order chi connectivity index (χ0) is 14.6. The molecule has 0 saturated carbocycles. The van der Waals surface area contributed by atoms with E-state index in [0.717, 1.165) is 12.1 Å². The van der Waals surface area contributed by atoms with Gasteiger partial charge in [-0.25, -0.2) is 0 Å². The standard InChI is InChI=1S/C17H20N2O/c1-17(2,3)13-15-11-7-8-12-19(15)18-16(20)14-9-5-4-6-10-14/h4-12H,13H2,1-3H3. The minimum atomic E-state index is -0.225. The topological polar surface area (TPSA) is 39.3 Å². The maximum absolute atomic E-state index is 12.1. The molecule has 0 radical (unpaired) electrons. The maximum atomic E-state index is 12.1. The summed E-state index contributed by atoms with van der Waals surface area (Å²) in [6, 6.07) is 15.0. The van der Waals surface area contributed by atoms with Crippen LogP contribution in [0.5, 0.6) is 0 Å². The SMILES string of the molecule is CC(C)(C)Cc1cccc[n+]1/N=C(\[O-])c1ccccc1. The predicted octanol–water partition coefficient (Wildman–Crippen LogP) is 2.13. The molecule has 0 aliphatic heterocycles. The number of benzene rings is 1. The van der Waals surface area contributed by atoms with Crippen molar-refractivity contribution in [2.75, 3.05) is 0 Å². The van der Waals surface area contributed by atoms with Crippen LogP contribution in [-0.2, 0) is 6.42 Å². The number of pyridine rings is 1. The molecule has 0 saturated heterocycles. The van der Waals surface area contributed by atoms with E-state index in [1.54, 1.807) is 16.8 Å². The maximum Gasteiger partial charge on any atom is 0.215 e. The Balaban J connectivity index is 2.34. The van der Waals surface area contributed by atoms with Crippen molar-refractivity contribution in [2.45, 2.75) is 27.2 Å². The van der Waals surface area contributed by atoms with E-state index in [4.69, 9.17) is 0 Å². The smallest absolute Gasteiger partial charge is 0.215 e. The Bertz CT molecular complexity index is 598. The van der Waals surface area contributed by atoms with Gasteiger partial charge in [-0.05, 0) is 22.1 Å². The van der Waals surface area contributed by atoms with Crippen LogP contribution in [-0.4, -0.2) is 5.90 Å². The highest BCUT2D eigenvalue weighted by Crippen LogP contribution is 2.18. The molecular weight excluding hydrogens is 248 g/mol. The highest BCUT2D eigenvalue weighted by Gasteiger charge is 2.19. The Hall–Kier alpha value is -2.16. The van der Waals surface area contributed by atoms with Gasteiger partial charge in [0.25, 0.3) is 0 Å². The number of hydrogen-bond donors (Lipinski definition) is 0. The van der Waals surface area contributed by atoms with E-state index >= 15 is 0 Å². The summed E-state index contributed by atoms with van der Waals surface area (Å²) in [5.41, 5.74) is 1.78. The van der Waals surface area contributed by atoms with Crippen molar-refractivity contribution in [3.05, 3.63) is 66.0 Å². The molecule has 20 heavy (non-hydrogen) atoms. The fourth-order valence-corrected chi connectivity index (χ4v) is 1.99. The van der Waals surface area contributed by atoms with Crippen LogP contribution < -0.4 is 9.78 Å². The molecule has 0 amide bonds. The summed E-state index contributed by atoms with van der Waals surface area (Å²) in [6.45, 7) is 6.51. The van der Waals surface area contributed by atoms with Crippen molar-refractivity contribution in [3.8, 4) is 0 Å². The van der Waals surface area contributed by atoms with Crippen LogP contribution >= 0.6 is 0 Å². The summed E-state index contributed by atoms with van der Waals surface area (Å²) < 4.78 is 1.68. The first-order valence-corrected chi connectivity index (χ1v) is 6.77. The first-order chi connectivity index (χ1) is 9.46. The normalized spacial score (nSPS) is 12.4. The Kier molecular flexibility index (Phi) is 4.18. The first-order valence-electron chi connectivity index (χ1n) is 6.77. The second-order valence-electron chi connectivity index (χ2n) is 6.05. The van der Waals surface area contributed by atoms with Gasteiger partial charge in [0.05, 0.1) is 5.90 Å². The quantitative estimate of drug-likeness (QED) is 0.477. The molecule has 3 nitrogen and oxygen atoms in total. The van der Waals surface area contributed by atoms with E-state index in [-0.39, 0.29) is 11.3 Å². The van der Waals surface area contributed by atoms with E-state index in [2.05, 4.69) is 25.9 Å². The molecule has 2 aromatic rings. The summed E-state index contributed by atoms with van der Waals surface area (Å²) >= 11 is 0. The van der Waals surface area contributed by atoms with Crippen LogP contribution in [0.3, 0.4) is 0 Å². The van der Waals surface area contributed by atoms with E-state index < -0.39 is 0 Å². The summed E-state index contributed by atoms with van der Waals surface area (Å²) in [4.78, 5) is 0. The van der Waals surface area contributed by atoms with Gasteiger partial charge in [0, 0.05) is 18.6 Å². The molecule has 0 atom stereocenters. The van der Waals surface area contributed by atoms with Crippen LogP contribution in [0.4, 0.5) is 0 Å². The lowest BCUT2D eigenvalue weighted by Gasteiger charge is -2.15. The van der Waals surface area contributed by atoms with Gasteiger partial charge in [-0.15, -0.1) is 0 Å². The summed E-state index contributed by atoms with van der Waals surface area (Å²) in [5.74, 6) is -0.225. The Morgan fingerprint density at radius 3 is 2.35 bits per heavy atom. The molecule has 0 aliphatic rings. The number of hydrogen-bond acceptors (Lipinski definition) is 2. The Morgan fingerprint density at radius 2 is 1.70 bits per heavy atom. The van der Waals surface area contributed by atoms with Crippen molar-refractivity contribution in [3.63, 3.8) is 0 Å². The van der Waals surface area contributed by atoms with Gasteiger partial charge in [0.1, 0.15) is 0 Å². The third-order valence-corrected chi connectivity index (χ3v) is 2.85. The Morgan fingerprint density at radius 1 is 1.05 bits per heavy atom. The van der Waals surface area contributed by atoms with E-state index in [9.17, 15) is 5.11 Å². The van der Waals surface area contributed by atoms with Crippen LogP contribution in [0.15, 0.2) is 59.8 Å². The molecule has 1 heterocycles. The number of aromatic nitrogens is 1. The third-order valence-electron chi connectivity index (χ3n) is 2.85. The first kappa shape index (κ1) is 14.3. The molecule has 0 spiro atoms. The van der Waals surface area contributed by atoms with E-state index in [1.165, 1.54) is 0 Å². The van der Waals surface area contributed by atoms with Crippen LogP contribution in [0, 0.1) is 5.41 Å².